The molecule has 0 radical (unpaired) electrons. The van der Waals surface area contributed by atoms with E-state index in [0.717, 1.165) is 44.0 Å². The molecule has 6 heteroatoms. The molecule has 22 heavy (non-hydrogen) atoms. The number of fused-ring (bicyclic) bond motifs is 1. The van der Waals surface area contributed by atoms with Crippen molar-refractivity contribution in [2.24, 2.45) is 5.92 Å². The van der Waals surface area contributed by atoms with Crippen LogP contribution in [0.2, 0.25) is 0 Å². The topological polar surface area (TPSA) is 63.1 Å². The van der Waals surface area contributed by atoms with E-state index in [2.05, 4.69) is 20.4 Å². The minimum Gasteiger partial charge on any atom is -0.354 e. The van der Waals surface area contributed by atoms with Gasteiger partial charge in [0.05, 0.1) is 12.5 Å². The molecule has 114 valence electrons. The third kappa shape index (κ3) is 2.29. The van der Waals surface area contributed by atoms with Crippen LogP contribution >= 0.6 is 0 Å². The largest absolute Gasteiger partial charge is 0.354 e. The number of hydrogen-bond donors (Lipinski definition) is 1. The predicted molar refractivity (Wildman–Crippen MR) is 81.3 cm³/mol. The van der Waals surface area contributed by atoms with E-state index in [9.17, 15) is 4.79 Å². The summed E-state index contributed by atoms with van der Waals surface area (Å²) in [5.41, 5.74) is 1.07. The van der Waals surface area contributed by atoms with Gasteiger partial charge in [-0.3, -0.25) is 14.3 Å². The van der Waals surface area contributed by atoms with Crippen LogP contribution in [0.15, 0.2) is 36.7 Å². The number of nitrogens with one attached hydrogen (secondary N) is 1. The van der Waals surface area contributed by atoms with E-state index in [-0.39, 0.29) is 11.8 Å². The van der Waals surface area contributed by atoms with Crippen LogP contribution in [0.5, 0.6) is 0 Å². The molecule has 2 aliphatic heterocycles. The Morgan fingerprint density at radius 2 is 2.14 bits per heavy atom. The van der Waals surface area contributed by atoms with Crippen molar-refractivity contribution in [1.29, 1.82) is 0 Å². The Balaban J connectivity index is 1.57. The molecule has 4 rings (SSSR count). The number of rotatable bonds is 3. The van der Waals surface area contributed by atoms with Crippen molar-refractivity contribution in [1.82, 2.24) is 25.0 Å². The first-order chi connectivity index (χ1) is 10.8. The first-order valence-corrected chi connectivity index (χ1v) is 7.79. The average molecular weight is 297 g/mol. The molecule has 1 N–H and O–H groups in total. The second-order valence-electron chi connectivity index (χ2n) is 5.98. The first kappa shape index (κ1) is 13.5. The van der Waals surface area contributed by atoms with Crippen molar-refractivity contribution < 1.29 is 4.79 Å². The highest BCUT2D eigenvalue weighted by Gasteiger charge is 2.40. The summed E-state index contributed by atoms with van der Waals surface area (Å²) in [6, 6.07) is 10.4. The normalized spacial score (nSPS) is 25.0. The van der Waals surface area contributed by atoms with Gasteiger partial charge in [0.15, 0.2) is 5.82 Å². The Bertz CT molecular complexity index is 668. The minimum absolute atomic E-state index is 0.141. The van der Waals surface area contributed by atoms with Crippen molar-refractivity contribution in [2.75, 3.05) is 13.1 Å². The summed E-state index contributed by atoms with van der Waals surface area (Å²) >= 11 is 0. The number of aromatic nitrogens is 3. The number of amides is 1. The summed E-state index contributed by atoms with van der Waals surface area (Å²) in [5.74, 6) is 1.27. The van der Waals surface area contributed by atoms with Gasteiger partial charge in [0.2, 0.25) is 5.91 Å². The van der Waals surface area contributed by atoms with Gasteiger partial charge in [-0.25, -0.2) is 0 Å². The van der Waals surface area contributed by atoms with E-state index in [1.807, 2.05) is 34.9 Å². The first-order valence-electron chi connectivity index (χ1n) is 7.79. The van der Waals surface area contributed by atoms with Crippen LogP contribution < -0.4 is 5.32 Å². The van der Waals surface area contributed by atoms with Crippen molar-refractivity contribution in [3.63, 3.8) is 0 Å². The van der Waals surface area contributed by atoms with Gasteiger partial charge in [-0.1, -0.05) is 18.2 Å². The summed E-state index contributed by atoms with van der Waals surface area (Å²) < 4.78 is 2.02. The summed E-state index contributed by atoms with van der Waals surface area (Å²) in [4.78, 5) is 14.2. The molecule has 2 atom stereocenters. The molecule has 2 aromatic rings. The van der Waals surface area contributed by atoms with Gasteiger partial charge in [0.25, 0.3) is 0 Å². The Morgan fingerprint density at radius 1 is 1.27 bits per heavy atom. The van der Waals surface area contributed by atoms with E-state index in [0.29, 0.717) is 6.04 Å². The average Bonchev–Trinajstić information content (AvgIpc) is 3.16. The van der Waals surface area contributed by atoms with Gasteiger partial charge in [0.1, 0.15) is 6.33 Å². The lowest BCUT2D eigenvalue weighted by Gasteiger charge is -2.35. The number of para-hydroxylation sites is 1. The molecule has 2 fully saturated rings. The Labute approximate surface area is 129 Å². The lowest BCUT2D eigenvalue weighted by atomic mass is 9.91. The highest BCUT2D eigenvalue weighted by atomic mass is 16.2. The van der Waals surface area contributed by atoms with Crippen molar-refractivity contribution >= 4 is 5.91 Å². The Hall–Kier alpha value is -2.21. The molecule has 2 saturated heterocycles. The van der Waals surface area contributed by atoms with Crippen LogP contribution in [-0.2, 0) is 11.3 Å². The van der Waals surface area contributed by atoms with Crippen LogP contribution in [0.3, 0.4) is 0 Å². The maximum atomic E-state index is 11.9. The fourth-order valence-electron chi connectivity index (χ4n) is 3.59. The molecule has 2 aliphatic rings. The number of piperidine rings is 1. The van der Waals surface area contributed by atoms with Crippen LogP contribution in [0.1, 0.15) is 18.7 Å². The van der Waals surface area contributed by atoms with Gasteiger partial charge < -0.3 is 5.32 Å². The third-order valence-electron chi connectivity index (χ3n) is 4.71. The summed E-state index contributed by atoms with van der Waals surface area (Å²) in [7, 11) is 0. The highest BCUT2D eigenvalue weighted by Crippen LogP contribution is 2.28. The molecule has 1 amide bonds. The Kier molecular flexibility index (Phi) is 3.38. The maximum absolute atomic E-state index is 11.9. The van der Waals surface area contributed by atoms with Crippen molar-refractivity contribution in [2.45, 2.75) is 25.4 Å². The second kappa shape index (κ2) is 5.53. The molecule has 0 spiro atoms. The number of nitrogens with zero attached hydrogens (tertiary/aromatic N) is 4. The summed E-state index contributed by atoms with van der Waals surface area (Å²) in [6.45, 7) is 2.49. The quantitative estimate of drug-likeness (QED) is 0.917. The fourth-order valence-corrected chi connectivity index (χ4v) is 3.59. The monoisotopic (exact) mass is 297 g/mol. The standard InChI is InChI=1S/C16H19N5O/c22-16-13-7-4-8-20(14(13)9-17-16)10-15-19-18-11-21(15)12-5-2-1-3-6-12/h1-3,5-6,11,13-14H,4,7-10H2,(H,17,22)/t13-,14-/m1/s1. The Morgan fingerprint density at radius 3 is 3.00 bits per heavy atom. The molecule has 0 bridgehead atoms. The lowest BCUT2D eigenvalue weighted by Crippen LogP contribution is -2.45. The number of carbonyl (C=O) groups excluding carboxylic acids is 1. The molecule has 0 unspecified atom stereocenters. The third-order valence-corrected chi connectivity index (χ3v) is 4.71. The zero-order valence-electron chi connectivity index (χ0n) is 12.4. The van der Waals surface area contributed by atoms with Crippen molar-refractivity contribution in [3.8, 4) is 5.69 Å². The summed E-state index contributed by atoms with van der Waals surface area (Å²) in [5, 5.41) is 11.3. The molecular weight excluding hydrogens is 278 g/mol. The van der Waals surface area contributed by atoms with Crippen LogP contribution in [0, 0.1) is 5.92 Å². The predicted octanol–water partition coefficient (Wildman–Crippen LogP) is 0.978. The van der Waals surface area contributed by atoms with E-state index in [1.54, 1.807) is 6.33 Å². The van der Waals surface area contributed by atoms with Gasteiger partial charge in [-0.05, 0) is 31.5 Å². The van der Waals surface area contributed by atoms with Crippen LogP contribution in [0.4, 0.5) is 0 Å². The molecular formula is C16H19N5O. The fraction of sp³-hybridized carbons (Fsp3) is 0.438. The van der Waals surface area contributed by atoms with Gasteiger partial charge in [0, 0.05) is 18.3 Å². The smallest absolute Gasteiger partial charge is 0.224 e. The van der Waals surface area contributed by atoms with Crippen molar-refractivity contribution in [3.05, 3.63) is 42.5 Å². The molecule has 3 heterocycles. The van der Waals surface area contributed by atoms with Crippen LogP contribution in [0.25, 0.3) is 5.69 Å². The molecule has 0 aliphatic carbocycles. The summed E-state index contributed by atoms with van der Waals surface area (Å²) in [6.07, 6.45) is 3.82. The zero-order valence-corrected chi connectivity index (χ0v) is 12.4. The lowest BCUT2D eigenvalue weighted by molar-refractivity contribution is -0.124. The van der Waals surface area contributed by atoms with Gasteiger partial charge >= 0.3 is 0 Å². The van der Waals surface area contributed by atoms with Gasteiger partial charge in [-0.15, -0.1) is 10.2 Å². The number of hydrogen-bond acceptors (Lipinski definition) is 4. The van der Waals surface area contributed by atoms with E-state index >= 15 is 0 Å². The molecule has 6 nitrogen and oxygen atoms in total. The van der Waals surface area contributed by atoms with E-state index < -0.39 is 0 Å². The number of likely N-dealkylation sites (tertiary alicyclic amines) is 1. The minimum atomic E-state index is 0.141. The van der Waals surface area contributed by atoms with E-state index in [4.69, 9.17) is 0 Å². The maximum Gasteiger partial charge on any atom is 0.224 e. The second-order valence-corrected chi connectivity index (χ2v) is 5.98. The SMILES string of the molecule is O=C1NC[C@@H]2[C@H]1CCCN2Cc1nncn1-c1ccccc1. The van der Waals surface area contributed by atoms with Gasteiger partial charge in [-0.2, -0.15) is 0 Å². The van der Waals surface area contributed by atoms with Crippen LogP contribution in [-0.4, -0.2) is 44.7 Å². The molecule has 1 aromatic heterocycles. The van der Waals surface area contributed by atoms with E-state index in [1.165, 1.54) is 0 Å². The number of benzene rings is 1. The molecule has 0 saturated carbocycles. The zero-order chi connectivity index (χ0) is 14.9. The molecule has 1 aromatic carbocycles. The number of carbonyl (C=O) groups is 1. The highest BCUT2D eigenvalue weighted by molar-refractivity contribution is 5.82.